The first-order chi connectivity index (χ1) is 13.5. The Kier molecular flexibility index (Phi) is 7.83. The second-order valence-corrected chi connectivity index (χ2v) is 5.74. The van der Waals surface area contributed by atoms with Gasteiger partial charge in [0.05, 0.1) is 26.7 Å². The molecule has 0 aliphatic heterocycles. The number of carbonyl (C=O) groups excluding carboxylic acids is 3. The van der Waals surface area contributed by atoms with Crippen LogP contribution in [-0.2, 0) is 16.0 Å². The molecule has 2 aromatic carbocycles. The highest BCUT2D eigenvalue weighted by molar-refractivity contribution is 5.96. The van der Waals surface area contributed by atoms with Gasteiger partial charge in [0.2, 0.25) is 5.91 Å². The second-order valence-electron chi connectivity index (χ2n) is 5.74. The molecule has 0 aliphatic rings. The van der Waals surface area contributed by atoms with Crippen LogP contribution in [0, 0.1) is 0 Å². The van der Waals surface area contributed by atoms with Crippen LogP contribution in [0.25, 0.3) is 0 Å². The number of nitrogens with one attached hydrogen (secondary N) is 3. The van der Waals surface area contributed by atoms with Gasteiger partial charge in [0.15, 0.2) is 11.5 Å². The normalized spacial score (nSPS) is 9.93. The first kappa shape index (κ1) is 20.8. The highest BCUT2D eigenvalue weighted by atomic mass is 16.5. The van der Waals surface area contributed by atoms with Crippen LogP contribution in [0.3, 0.4) is 0 Å². The summed E-state index contributed by atoms with van der Waals surface area (Å²) < 4.78 is 10.6. The summed E-state index contributed by atoms with van der Waals surface area (Å²) in [6, 6.07) is 13.8. The third kappa shape index (κ3) is 6.31. The topological polar surface area (TPSA) is 106 Å². The summed E-state index contributed by atoms with van der Waals surface area (Å²) in [5.41, 5.74) is 5.67. The molecule has 28 heavy (non-hydrogen) atoms. The Morgan fingerprint density at radius 2 is 1.68 bits per heavy atom. The summed E-state index contributed by atoms with van der Waals surface area (Å²) >= 11 is 0. The molecule has 0 aromatic heterocycles. The van der Waals surface area contributed by atoms with E-state index in [1.165, 1.54) is 13.2 Å². The Bertz CT molecular complexity index is 824. The number of rotatable bonds is 8. The number of benzene rings is 2. The van der Waals surface area contributed by atoms with E-state index in [1.54, 1.807) is 12.1 Å². The van der Waals surface area contributed by atoms with Gasteiger partial charge in [-0.15, -0.1) is 0 Å². The average Bonchev–Trinajstić information content (AvgIpc) is 2.71. The van der Waals surface area contributed by atoms with Gasteiger partial charge in [-0.25, -0.2) is 0 Å². The fourth-order valence-electron chi connectivity index (χ4n) is 2.35. The van der Waals surface area contributed by atoms with Gasteiger partial charge in [-0.05, 0) is 30.7 Å². The monoisotopic (exact) mass is 385 g/mol. The number of hydrogen-bond donors (Lipinski definition) is 3. The summed E-state index contributed by atoms with van der Waals surface area (Å²) in [5, 5.41) is 2.50. The van der Waals surface area contributed by atoms with Gasteiger partial charge >= 0.3 is 0 Å². The van der Waals surface area contributed by atoms with E-state index in [1.807, 2.05) is 37.3 Å². The lowest BCUT2D eigenvalue weighted by atomic mass is 10.1. The van der Waals surface area contributed by atoms with Gasteiger partial charge in [-0.2, -0.15) is 0 Å². The van der Waals surface area contributed by atoms with Gasteiger partial charge in [0.25, 0.3) is 11.8 Å². The molecule has 0 saturated carbocycles. The third-order valence-electron chi connectivity index (χ3n) is 3.69. The molecule has 8 heteroatoms. The minimum atomic E-state index is -0.548. The van der Waals surface area contributed by atoms with Crippen molar-refractivity contribution in [1.29, 1.82) is 0 Å². The van der Waals surface area contributed by atoms with Crippen LogP contribution in [0.2, 0.25) is 0 Å². The Balaban J connectivity index is 1.79. The van der Waals surface area contributed by atoms with Crippen molar-refractivity contribution < 1.29 is 23.9 Å². The van der Waals surface area contributed by atoms with E-state index in [4.69, 9.17) is 9.47 Å². The molecule has 0 atom stereocenters. The highest BCUT2D eigenvalue weighted by Crippen LogP contribution is 2.27. The maximum atomic E-state index is 12.2. The molecule has 0 spiro atoms. The van der Waals surface area contributed by atoms with E-state index < -0.39 is 11.8 Å². The van der Waals surface area contributed by atoms with Crippen LogP contribution >= 0.6 is 0 Å². The van der Waals surface area contributed by atoms with Crippen molar-refractivity contribution in [2.75, 3.05) is 20.3 Å². The quantitative estimate of drug-likeness (QED) is 0.593. The van der Waals surface area contributed by atoms with Gasteiger partial charge < -0.3 is 14.8 Å². The number of carbonyl (C=O) groups is 3. The molecule has 8 nitrogen and oxygen atoms in total. The first-order valence-corrected chi connectivity index (χ1v) is 8.74. The number of amides is 3. The molecular weight excluding hydrogens is 362 g/mol. The van der Waals surface area contributed by atoms with Gasteiger partial charge in [-0.1, -0.05) is 30.3 Å². The number of methoxy groups -OCH3 is 1. The maximum absolute atomic E-state index is 12.2. The molecular formula is C20H23N3O5. The summed E-state index contributed by atoms with van der Waals surface area (Å²) in [7, 11) is 1.47. The van der Waals surface area contributed by atoms with Gasteiger partial charge in [0, 0.05) is 5.56 Å². The zero-order chi connectivity index (χ0) is 20.4. The van der Waals surface area contributed by atoms with Gasteiger partial charge in [0.1, 0.15) is 0 Å². The van der Waals surface area contributed by atoms with E-state index in [-0.39, 0.29) is 24.4 Å². The molecule has 2 aromatic rings. The molecule has 0 unspecified atom stereocenters. The van der Waals surface area contributed by atoms with Crippen molar-refractivity contribution in [3.8, 4) is 11.5 Å². The number of ether oxygens (including phenoxy) is 2. The molecule has 3 N–H and O–H groups in total. The van der Waals surface area contributed by atoms with Crippen LogP contribution < -0.4 is 25.6 Å². The van der Waals surface area contributed by atoms with Crippen LogP contribution in [0.15, 0.2) is 48.5 Å². The van der Waals surface area contributed by atoms with Crippen molar-refractivity contribution in [2.45, 2.75) is 13.3 Å². The van der Waals surface area contributed by atoms with Crippen molar-refractivity contribution in [2.24, 2.45) is 0 Å². The molecule has 0 aliphatic carbocycles. The maximum Gasteiger partial charge on any atom is 0.269 e. The van der Waals surface area contributed by atoms with E-state index in [2.05, 4.69) is 16.2 Å². The molecule has 0 radical (unpaired) electrons. The van der Waals surface area contributed by atoms with E-state index in [0.29, 0.717) is 18.1 Å². The van der Waals surface area contributed by atoms with Crippen LogP contribution in [0.4, 0.5) is 0 Å². The molecule has 0 fully saturated rings. The third-order valence-corrected chi connectivity index (χ3v) is 3.69. The summed E-state index contributed by atoms with van der Waals surface area (Å²) in [5.74, 6) is -0.428. The molecule has 148 valence electrons. The van der Waals surface area contributed by atoms with Gasteiger partial charge in [-0.3, -0.25) is 25.2 Å². The average molecular weight is 385 g/mol. The van der Waals surface area contributed by atoms with Crippen LogP contribution in [0.1, 0.15) is 22.8 Å². The van der Waals surface area contributed by atoms with Crippen molar-refractivity contribution >= 4 is 17.7 Å². The lowest BCUT2D eigenvalue weighted by molar-refractivity contribution is -0.126. The molecule has 0 heterocycles. The number of hydrogen-bond acceptors (Lipinski definition) is 5. The van der Waals surface area contributed by atoms with Crippen LogP contribution in [-0.4, -0.2) is 38.0 Å². The lowest BCUT2D eigenvalue weighted by Crippen LogP contribution is -2.46. The lowest BCUT2D eigenvalue weighted by Gasteiger charge is -2.12. The summed E-state index contributed by atoms with van der Waals surface area (Å²) in [6.07, 6.45) is 0.173. The Hall–Kier alpha value is -3.55. The smallest absolute Gasteiger partial charge is 0.269 e. The SMILES string of the molecule is CCOc1ccc(C(=O)NNC(=O)CNC(=O)Cc2ccccc2)cc1OC. The first-order valence-electron chi connectivity index (χ1n) is 8.74. The second kappa shape index (κ2) is 10.6. The van der Waals surface area contributed by atoms with Crippen molar-refractivity contribution in [1.82, 2.24) is 16.2 Å². The molecule has 3 amide bonds. The summed E-state index contributed by atoms with van der Waals surface area (Å²) in [6.45, 7) is 2.06. The van der Waals surface area contributed by atoms with Crippen molar-refractivity contribution in [3.05, 3.63) is 59.7 Å². The van der Waals surface area contributed by atoms with E-state index in [0.717, 1.165) is 5.56 Å². The molecule has 2 rings (SSSR count). The Morgan fingerprint density at radius 1 is 0.929 bits per heavy atom. The highest BCUT2D eigenvalue weighted by Gasteiger charge is 2.12. The Labute approximate surface area is 163 Å². The predicted molar refractivity (Wildman–Crippen MR) is 103 cm³/mol. The fourth-order valence-corrected chi connectivity index (χ4v) is 2.35. The van der Waals surface area contributed by atoms with E-state index >= 15 is 0 Å². The zero-order valence-electron chi connectivity index (χ0n) is 15.8. The molecule has 0 saturated heterocycles. The fraction of sp³-hybridized carbons (Fsp3) is 0.250. The predicted octanol–water partition coefficient (Wildman–Crippen LogP) is 1.21. The Morgan fingerprint density at radius 3 is 2.36 bits per heavy atom. The standard InChI is InChI=1S/C20H23N3O5/c1-3-28-16-10-9-15(12-17(16)27-2)20(26)23-22-19(25)13-21-18(24)11-14-7-5-4-6-8-14/h4-10,12H,3,11,13H2,1-2H3,(H,21,24)(H,22,25)(H,23,26). The zero-order valence-corrected chi connectivity index (χ0v) is 15.8. The minimum Gasteiger partial charge on any atom is -0.493 e. The summed E-state index contributed by atoms with van der Waals surface area (Å²) in [4.78, 5) is 35.8. The van der Waals surface area contributed by atoms with Crippen LogP contribution in [0.5, 0.6) is 11.5 Å². The minimum absolute atomic E-state index is 0.173. The molecule has 0 bridgehead atoms. The van der Waals surface area contributed by atoms with E-state index in [9.17, 15) is 14.4 Å². The van der Waals surface area contributed by atoms with Crippen molar-refractivity contribution in [3.63, 3.8) is 0 Å². The largest absolute Gasteiger partial charge is 0.493 e. The number of hydrazine groups is 1.